The number of nitrogens with zero attached hydrogens (tertiary/aromatic N) is 1. The summed E-state index contributed by atoms with van der Waals surface area (Å²) < 4.78 is 38.3. The number of hydrogen-bond acceptors (Lipinski definition) is 3. The summed E-state index contributed by atoms with van der Waals surface area (Å²) in [7, 11) is 0. The van der Waals surface area contributed by atoms with Gasteiger partial charge in [0.05, 0.1) is 5.56 Å². The molecule has 156 valence electrons. The van der Waals surface area contributed by atoms with Crippen LogP contribution in [0.5, 0.6) is 0 Å². The van der Waals surface area contributed by atoms with Crippen molar-refractivity contribution in [2.45, 2.75) is 39.0 Å². The largest absolute Gasteiger partial charge is 0.416 e. The number of aromatic amines is 1. The van der Waals surface area contributed by atoms with Gasteiger partial charge >= 0.3 is 6.18 Å². The average molecular weight is 407 g/mol. The molecule has 1 atom stereocenters. The second-order valence-electron chi connectivity index (χ2n) is 7.59. The number of benzene rings is 1. The van der Waals surface area contributed by atoms with Crippen LogP contribution in [0.25, 0.3) is 0 Å². The Bertz CT molecular complexity index is 924. The van der Waals surface area contributed by atoms with E-state index in [4.69, 9.17) is 0 Å². The first-order valence-electron chi connectivity index (χ1n) is 9.61. The van der Waals surface area contributed by atoms with Crippen molar-refractivity contribution in [3.8, 4) is 0 Å². The number of H-pyrrole nitrogens is 1. The zero-order chi connectivity index (χ0) is 21.0. The normalized spacial score (nSPS) is 17.9. The van der Waals surface area contributed by atoms with E-state index in [-0.39, 0.29) is 12.1 Å². The minimum atomic E-state index is -4.45. The molecular formula is C21H24F3N3O2. The Kier molecular flexibility index (Phi) is 6.42. The number of halogens is 3. The minimum absolute atomic E-state index is 0.0623. The molecule has 2 heterocycles. The molecule has 8 heteroatoms. The fourth-order valence-electron chi connectivity index (χ4n) is 3.59. The fourth-order valence-corrected chi connectivity index (χ4v) is 3.59. The third-order valence-corrected chi connectivity index (χ3v) is 5.06. The van der Waals surface area contributed by atoms with Gasteiger partial charge in [0.2, 0.25) is 0 Å². The summed E-state index contributed by atoms with van der Waals surface area (Å²) in [6.07, 6.45) is -2.11. The lowest BCUT2D eigenvalue weighted by molar-refractivity contribution is -0.137. The first kappa shape index (κ1) is 21.1. The van der Waals surface area contributed by atoms with Crippen LogP contribution in [0.1, 0.15) is 46.9 Å². The van der Waals surface area contributed by atoms with Gasteiger partial charge < -0.3 is 10.3 Å². The molecule has 0 bridgehead atoms. The Morgan fingerprint density at radius 3 is 2.76 bits per heavy atom. The fraction of sp³-hybridized carbons (Fsp3) is 0.429. The van der Waals surface area contributed by atoms with Gasteiger partial charge in [-0.3, -0.25) is 14.5 Å². The molecule has 0 aliphatic carbocycles. The Hall–Kier alpha value is -2.61. The molecule has 1 aromatic carbocycles. The van der Waals surface area contributed by atoms with Gasteiger partial charge in [0.25, 0.3) is 11.5 Å². The number of nitrogens with one attached hydrogen (secondary N) is 2. The van der Waals surface area contributed by atoms with Crippen LogP contribution >= 0.6 is 0 Å². The second-order valence-corrected chi connectivity index (χ2v) is 7.59. The highest BCUT2D eigenvalue weighted by Gasteiger charge is 2.30. The third-order valence-electron chi connectivity index (χ3n) is 5.06. The number of piperidine rings is 1. The maximum Gasteiger partial charge on any atom is 0.416 e. The Morgan fingerprint density at radius 1 is 1.28 bits per heavy atom. The van der Waals surface area contributed by atoms with Crippen molar-refractivity contribution in [3.63, 3.8) is 0 Å². The molecule has 2 aromatic rings. The number of likely N-dealkylation sites (tertiary alicyclic amines) is 1. The zero-order valence-electron chi connectivity index (χ0n) is 16.2. The van der Waals surface area contributed by atoms with Gasteiger partial charge in [-0.1, -0.05) is 19.1 Å². The van der Waals surface area contributed by atoms with Gasteiger partial charge in [-0.2, -0.15) is 13.2 Å². The predicted octanol–water partition coefficient (Wildman–Crippen LogP) is 3.56. The van der Waals surface area contributed by atoms with E-state index < -0.39 is 23.2 Å². The summed E-state index contributed by atoms with van der Waals surface area (Å²) in [5.41, 5.74) is -0.306. The summed E-state index contributed by atoms with van der Waals surface area (Å²) in [6.45, 7) is 4.67. The van der Waals surface area contributed by atoms with Gasteiger partial charge in [-0.05, 0) is 55.1 Å². The highest BCUT2D eigenvalue weighted by atomic mass is 19.4. The quantitative estimate of drug-likeness (QED) is 0.797. The molecule has 1 aliphatic rings. The number of hydrogen-bond donors (Lipinski definition) is 2. The van der Waals surface area contributed by atoms with Gasteiger partial charge in [0, 0.05) is 25.3 Å². The Morgan fingerprint density at radius 2 is 2.07 bits per heavy atom. The van der Waals surface area contributed by atoms with Crippen LogP contribution in [0.4, 0.5) is 13.2 Å². The van der Waals surface area contributed by atoms with E-state index in [0.29, 0.717) is 18.0 Å². The molecule has 2 N–H and O–H groups in total. The minimum Gasteiger partial charge on any atom is -0.348 e. The van der Waals surface area contributed by atoms with E-state index in [1.807, 2.05) is 0 Å². The van der Waals surface area contributed by atoms with Crippen molar-refractivity contribution in [3.05, 3.63) is 69.1 Å². The number of carbonyl (C=O) groups excluding carboxylic acids is 1. The molecule has 3 rings (SSSR count). The van der Waals surface area contributed by atoms with Gasteiger partial charge in [-0.25, -0.2) is 0 Å². The number of pyridine rings is 1. The molecule has 1 amide bonds. The summed E-state index contributed by atoms with van der Waals surface area (Å²) in [4.78, 5) is 29.6. The number of amides is 1. The third kappa shape index (κ3) is 5.69. The monoisotopic (exact) mass is 407 g/mol. The highest BCUT2D eigenvalue weighted by Crippen LogP contribution is 2.29. The van der Waals surface area contributed by atoms with Gasteiger partial charge in [0.1, 0.15) is 5.56 Å². The smallest absolute Gasteiger partial charge is 0.348 e. The van der Waals surface area contributed by atoms with Crippen molar-refractivity contribution in [1.29, 1.82) is 0 Å². The van der Waals surface area contributed by atoms with E-state index in [9.17, 15) is 22.8 Å². The van der Waals surface area contributed by atoms with Crippen LogP contribution in [-0.2, 0) is 19.3 Å². The number of carbonyl (C=O) groups is 1. The van der Waals surface area contributed by atoms with Crippen LogP contribution in [0, 0.1) is 5.92 Å². The highest BCUT2D eigenvalue weighted by molar-refractivity contribution is 5.93. The first-order chi connectivity index (χ1) is 13.7. The molecule has 1 unspecified atom stereocenters. The predicted molar refractivity (Wildman–Crippen MR) is 103 cm³/mol. The number of aromatic nitrogens is 1. The summed E-state index contributed by atoms with van der Waals surface area (Å²) in [5, 5.41) is 2.50. The van der Waals surface area contributed by atoms with Gasteiger partial charge in [0.15, 0.2) is 0 Å². The lowest BCUT2D eigenvalue weighted by atomic mass is 10.0. The van der Waals surface area contributed by atoms with Crippen LogP contribution in [-0.4, -0.2) is 28.9 Å². The van der Waals surface area contributed by atoms with E-state index in [1.54, 1.807) is 6.07 Å². The molecule has 29 heavy (non-hydrogen) atoms. The first-order valence-corrected chi connectivity index (χ1v) is 9.61. The van der Waals surface area contributed by atoms with Crippen LogP contribution < -0.4 is 10.9 Å². The summed E-state index contributed by atoms with van der Waals surface area (Å²) in [5.74, 6) is -0.00169. The molecular weight excluding hydrogens is 383 g/mol. The molecule has 1 aromatic heterocycles. The van der Waals surface area contributed by atoms with E-state index >= 15 is 0 Å². The van der Waals surface area contributed by atoms with Crippen molar-refractivity contribution in [1.82, 2.24) is 15.2 Å². The van der Waals surface area contributed by atoms with Crippen molar-refractivity contribution >= 4 is 5.91 Å². The molecule has 1 fully saturated rings. The molecule has 0 radical (unpaired) electrons. The molecule has 1 aliphatic heterocycles. The molecule has 0 saturated carbocycles. The van der Waals surface area contributed by atoms with Gasteiger partial charge in [-0.15, -0.1) is 0 Å². The molecule has 5 nitrogen and oxygen atoms in total. The number of rotatable bonds is 5. The van der Waals surface area contributed by atoms with Crippen LogP contribution in [0.15, 0.2) is 41.2 Å². The van der Waals surface area contributed by atoms with Crippen molar-refractivity contribution < 1.29 is 18.0 Å². The van der Waals surface area contributed by atoms with Crippen LogP contribution in [0.3, 0.4) is 0 Å². The Labute approximate surface area is 166 Å². The second kappa shape index (κ2) is 8.82. The summed E-state index contributed by atoms with van der Waals surface area (Å²) in [6, 6.07) is 7.89. The SMILES string of the molecule is CC1CCCN(Cc2ccc(C(=O)NCc3cccc(C(F)(F)F)c3)c(=O)[nH]2)C1. The lowest BCUT2D eigenvalue weighted by Gasteiger charge is -2.30. The van der Waals surface area contributed by atoms with E-state index in [0.717, 1.165) is 37.3 Å². The summed E-state index contributed by atoms with van der Waals surface area (Å²) >= 11 is 0. The van der Waals surface area contributed by atoms with Crippen LogP contribution in [0.2, 0.25) is 0 Å². The topological polar surface area (TPSA) is 65.2 Å². The molecule has 1 saturated heterocycles. The average Bonchev–Trinajstić information content (AvgIpc) is 2.66. The maximum atomic E-state index is 12.8. The molecule has 0 spiro atoms. The van der Waals surface area contributed by atoms with Crippen molar-refractivity contribution in [2.24, 2.45) is 5.92 Å². The standard InChI is InChI=1S/C21H24F3N3O2/c1-14-4-3-9-27(12-14)13-17-7-8-18(20(29)26-17)19(28)25-11-15-5-2-6-16(10-15)21(22,23)24/h2,5-8,10,14H,3-4,9,11-13H2,1H3,(H,25,28)(H,26,29). The number of alkyl halides is 3. The van der Waals surface area contributed by atoms with E-state index in [2.05, 4.69) is 22.1 Å². The maximum absolute atomic E-state index is 12.8. The lowest BCUT2D eigenvalue weighted by Crippen LogP contribution is -2.35. The van der Waals surface area contributed by atoms with Crippen molar-refractivity contribution in [2.75, 3.05) is 13.1 Å². The van der Waals surface area contributed by atoms with E-state index in [1.165, 1.54) is 24.6 Å². The zero-order valence-corrected chi connectivity index (χ0v) is 16.2. The Balaban J connectivity index is 1.62.